The first-order valence-electron chi connectivity index (χ1n) is 4.09. The Kier molecular flexibility index (Phi) is 1.99. The maximum atomic E-state index is 10.5. The fourth-order valence-corrected chi connectivity index (χ4v) is 1.32. The smallest absolute Gasteiger partial charge is 0.409 e. The summed E-state index contributed by atoms with van der Waals surface area (Å²) >= 11 is 0. The normalized spacial score (nSPS) is 9.80. The maximum Gasteiger partial charge on any atom is 0.409 e. The van der Waals surface area contributed by atoms with Gasteiger partial charge >= 0.3 is 6.09 Å². The molecular weight excluding hydrogens is 196 g/mol. The second-order valence-corrected chi connectivity index (χ2v) is 2.80. The topological polar surface area (TPSA) is 90.4 Å². The summed E-state index contributed by atoms with van der Waals surface area (Å²) in [5.74, 6) is 0. The summed E-state index contributed by atoms with van der Waals surface area (Å²) in [6.07, 6.45) is 0.353. The summed E-state index contributed by atoms with van der Waals surface area (Å²) in [4.78, 5) is 10.5. The molecule has 2 aromatic rings. The molecule has 0 atom stereocenters. The molecule has 0 bridgehead atoms. The molecule has 15 heavy (non-hydrogen) atoms. The number of pyridine rings is 1. The first kappa shape index (κ1) is 9.02. The number of anilines is 1. The van der Waals surface area contributed by atoms with Crippen LogP contribution in [0.2, 0.25) is 0 Å². The quantitative estimate of drug-likeness (QED) is 0.729. The third-order valence-corrected chi connectivity index (χ3v) is 1.91. The monoisotopic (exact) mass is 202 g/mol. The zero-order valence-electron chi connectivity index (χ0n) is 7.51. The first-order valence-corrected chi connectivity index (χ1v) is 4.09. The molecule has 0 aromatic carbocycles. The molecule has 6 nitrogen and oxygen atoms in total. The summed E-state index contributed by atoms with van der Waals surface area (Å²) in [6, 6.07) is 6.63. The van der Waals surface area contributed by atoms with Gasteiger partial charge in [-0.2, -0.15) is 10.4 Å². The number of hydrogen-bond donors (Lipinski definition) is 2. The number of hydrogen-bond acceptors (Lipinski definition) is 3. The van der Waals surface area contributed by atoms with Crippen LogP contribution in [0.5, 0.6) is 0 Å². The molecule has 0 radical (unpaired) electrons. The summed E-state index contributed by atoms with van der Waals surface area (Å²) in [5, 5.41) is 23.5. The Hall–Kier alpha value is -2.55. The summed E-state index contributed by atoms with van der Waals surface area (Å²) < 4.78 is 1.38. The lowest BCUT2D eigenvalue weighted by Crippen LogP contribution is -2.09. The second-order valence-electron chi connectivity index (χ2n) is 2.80. The van der Waals surface area contributed by atoms with Crippen molar-refractivity contribution in [3.05, 3.63) is 30.1 Å². The summed E-state index contributed by atoms with van der Waals surface area (Å²) in [5.41, 5.74) is 1.31. The fourth-order valence-electron chi connectivity index (χ4n) is 1.32. The fraction of sp³-hybridized carbons (Fsp3) is 0. The van der Waals surface area contributed by atoms with Crippen molar-refractivity contribution in [2.24, 2.45) is 0 Å². The molecule has 0 fully saturated rings. The van der Waals surface area contributed by atoms with E-state index in [0.717, 1.165) is 0 Å². The van der Waals surface area contributed by atoms with Gasteiger partial charge in [-0.1, -0.05) is 0 Å². The zero-order valence-corrected chi connectivity index (χ0v) is 7.51. The highest BCUT2D eigenvalue weighted by molar-refractivity contribution is 5.89. The van der Waals surface area contributed by atoms with Gasteiger partial charge in [0.1, 0.15) is 11.8 Å². The van der Waals surface area contributed by atoms with Gasteiger partial charge in [-0.15, -0.1) is 0 Å². The minimum absolute atomic E-state index is 0.353. The SMILES string of the molecule is N#Cc1ccc(NC(=O)O)c2ccnn12. The van der Waals surface area contributed by atoms with Crippen LogP contribution in [-0.4, -0.2) is 20.8 Å². The Balaban J connectivity index is 2.64. The van der Waals surface area contributed by atoms with E-state index in [1.54, 1.807) is 6.07 Å². The van der Waals surface area contributed by atoms with Gasteiger partial charge in [-0.3, -0.25) is 5.32 Å². The highest BCUT2D eigenvalue weighted by Crippen LogP contribution is 2.17. The molecule has 0 spiro atoms. The van der Waals surface area contributed by atoms with Crippen LogP contribution in [0.25, 0.3) is 5.52 Å². The van der Waals surface area contributed by atoms with Gasteiger partial charge in [-0.05, 0) is 18.2 Å². The minimum Gasteiger partial charge on any atom is -0.465 e. The number of amides is 1. The van der Waals surface area contributed by atoms with E-state index in [0.29, 0.717) is 16.9 Å². The molecule has 2 N–H and O–H groups in total. The van der Waals surface area contributed by atoms with E-state index in [1.807, 2.05) is 6.07 Å². The van der Waals surface area contributed by atoms with Crippen LogP contribution in [0.15, 0.2) is 24.4 Å². The van der Waals surface area contributed by atoms with E-state index >= 15 is 0 Å². The van der Waals surface area contributed by atoms with Gasteiger partial charge in [0, 0.05) is 0 Å². The molecule has 0 saturated heterocycles. The van der Waals surface area contributed by atoms with Gasteiger partial charge in [0.25, 0.3) is 0 Å². The van der Waals surface area contributed by atoms with Crippen LogP contribution >= 0.6 is 0 Å². The average molecular weight is 202 g/mol. The minimum atomic E-state index is -1.15. The molecule has 2 aromatic heterocycles. The number of carboxylic acid groups (broad SMARTS) is 1. The molecule has 1 amide bonds. The molecular formula is C9H6N4O2. The van der Waals surface area contributed by atoms with E-state index in [-0.39, 0.29) is 0 Å². The number of nitrogens with zero attached hydrogens (tertiary/aromatic N) is 3. The molecule has 0 aliphatic carbocycles. The van der Waals surface area contributed by atoms with Crippen molar-refractivity contribution in [2.45, 2.75) is 0 Å². The Bertz CT molecular complexity index is 567. The van der Waals surface area contributed by atoms with Crippen molar-refractivity contribution in [1.29, 1.82) is 5.26 Å². The second kappa shape index (κ2) is 3.31. The maximum absolute atomic E-state index is 10.5. The Morgan fingerprint density at radius 2 is 2.33 bits per heavy atom. The largest absolute Gasteiger partial charge is 0.465 e. The van der Waals surface area contributed by atoms with E-state index in [2.05, 4.69) is 10.4 Å². The molecule has 2 heterocycles. The third-order valence-electron chi connectivity index (χ3n) is 1.91. The van der Waals surface area contributed by atoms with Crippen molar-refractivity contribution in [3.8, 4) is 6.07 Å². The Morgan fingerprint density at radius 3 is 3.00 bits per heavy atom. The van der Waals surface area contributed by atoms with Crippen LogP contribution in [0.4, 0.5) is 10.5 Å². The predicted octanol–water partition coefficient (Wildman–Crippen LogP) is 1.30. The predicted molar refractivity (Wildman–Crippen MR) is 51.6 cm³/mol. The van der Waals surface area contributed by atoms with Crippen molar-refractivity contribution < 1.29 is 9.90 Å². The Labute approximate surface area is 84.4 Å². The van der Waals surface area contributed by atoms with Crippen LogP contribution in [-0.2, 0) is 0 Å². The Morgan fingerprint density at radius 1 is 1.53 bits per heavy atom. The molecule has 0 saturated carbocycles. The van der Waals surface area contributed by atoms with Gasteiger partial charge < -0.3 is 5.11 Å². The van der Waals surface area contributed by atoms with Crippen molar-refractivity contribution in [2.75, 3.05) is 5.32 Å². The van der Waals surface area contributed by atoms with Crippen LogP contribution in [0.1, 0.15) is 5.69 Å². The van der Waals surface area contributed by atoms with Crippen molar-refractivity contribution in [3.63, 3.8) is 0 Å². The molecule has 2 rings (SSSR count). The lowest BCUT2D eigenvalue weighted by molar-refractivity contribution is 0.210. The number of aromatic nitrogens is 2. The van der Waals surface area contributed by atoms with E-state index < -0.39 is 6.09 Å². The van der Waals surface area contributed by atoms with Crippen LogP contribution < -0.4 is 5.32 Å². The number of rotatable bonds is 1. The number of carbonyl (C=O) groups is 1. The zero-order chi connectivity index (χ0) is 10.8. The van der Waals surface area contributed by atoms with Gasteiger partial charge in [-0.25, -0.2) is 9.31 Å². The van der Waals surface area contributed by atoms with Crippen LogP contribution in [0, 0.1) is 11.3 Å². The summed E-state index contributed by atoms with van der Waals surface area (Å²) in [7, 11) is 0. The highest BCUT2D eigenvalue weighted by Gasteiger charge is 2.07. The molecule has 0 unspecified atom stereocenters. The molecule has 0 aliphatic heterocycles. The van der Waals surface area contributed by atoms with Crippen molar-refractivity contribution >= 4 is 17.3 Å². The standard InChI is InChI=1S/C9H6N4O2/c10-5-6-1-2-7(12-9(14)15)8-3-4-11-13(6)8/h1-4,12H,(H,14,15). The van der Waals surface area contributed by atoms with E-state index in [4.69, 9.17) is 10.4 Å². The third kappa shape index (κ3) is 1.46. The van der Waals surface area contributed by atoms with Crippen LogP contribution in [0.3, 0.4) is 0 Å². The van der Waals surface area contributed by atoms with E-state index in [9.17, 15) is 4.79 Å². The van der Waals surface area contributed by atoms with E-state index in [1.165, 1.54) is 22.8 Å². The van der Waals surface area contributed by atoms with Gasteiger partial charge in [0.15, 0.2) is 0 Å². The summed E-state index contributed by atoms with van der Waals surface area (Å²) in [6.45, 7) is 0. The lowest BCUT2D eigenvalue weighted by Gasteiger charge is -2.03. The number of nitrogens with one attached hydrogen (secondary N) is 1. The average Bonchev–Trinajstić information content (AvgIpc) is 2.66. The lowest BCUT2D eigenvalue weighted by atomic mass is 10.3. The first-order chi connectivity index (χ1) is 7.22. The van der Waals surface area contributed by atoms with Crippen molar-refractivity contribution in [1.82, 2.24) is 9.61 Å². The van der Waals surface area contributed by atoms with Gasteiger partial charge in [0.2, 0.25) is 0 Å². The number of nitriles is 1. The van der Waals surface area contributed by atoms with Gasteiger partial charge in [0.05, 0.1) is 17.4 Å². The molecule has 6 heteroatoms. The molecule has 74 valence electrons. The highest BCUT2D eigenvalue weighted by atomic mass is 16.4. The number of fused-ring (bicyclic) bond motifs is 1. The molecule has 0 aliphatic rings.